The van der Waals surface area contributed by atoms with Crippen molar-refractivity contribution in [2.75, 3.05) is 0 Å². The molecule has 13 heavy (non-hydrogen) atoms. The van der Waals surface area contributed by atoms with Crippen LogP contribution in [0.2, 0.25) is 0 Å². The fraction of sp³-hybridized carbons (Fsp3) is 0.273. The predicted molar refractivity (Wildman–Crippen MR) is 51.8 cm³/mol. The first-order chi connectivity index (χ1) is 6.36. The van der Waals surface area contributed by atoms with Gasteiger partial charge in [-0.25, -0.2) is 4.99 Å². The molecule has 0 N–H and O–H groups in total. The average Bonchev–Trinajstić information content (AvgIpc) is 2.54. The highest BCUT2D eigenvalue weighted by Gasteiger charge is 2.20. The summed E-state index contributed by atoms with van der Waals surface area (Å²) in [5, 5.41) is 0. The highest BCUT2D eigenvalue weighted by Crippen LogP contribution is 2.16. The van der Waals surface area contributed by atoms with E-state index in [1.807, 2.05) is 30.3 Å². The maximum absolute atomic E-state index is 11.2. The molecule has 0 radical (unpaired) electrons. The van der Waals surface area contributed by atoms with E-state index in [9.17, 15) is 4.79 Å². The highest BCUT2D eigenvalue weighted by molar-refractivity contribution is 5.93. The zero-order valence-electron chi connectivity index (χ0n) is 7.31. The Bertz CT molecular complexity index is 329. The topological polar surface area (TPSA) is 29.4 Å². The lowest BCUT2D eigenvalue weighted by atomic mass is 9.98. The van der Waals surface area contributed by atoms with Crippen molar-refractivity contribution in [2.24, 2.45) is 10.9 Å². The van der Waals surface area contributed by atoms with E-state index in [-0.39, 0.29) is 11.8 Å². The monoisotopic (exact) mass is 173 g/mol. The Labute approximate surface area is 77.3 Å². The molecule has 0 aliphatic carbocycles. The number of rotatable bonds is 2. The molecule has 0 aromatic heterocycles. The normalized spacial score (nSPS) is 20.9. The fourth-order valence-corrected chi connectivity index (χ4v) is 1.55. The van der Waals surface area contributed by atoms with Crippen LogP contribution in [0, 0.1) is 5.92 Å². The van der Waals surface area contributed by atoms with Gasteiger partial charge in [0.15, 0.2) is 0 Å². The third kappa shape index (κ3) is 1.83. The summed E-state index contributed by atoms with van der Waals surface area (Å²) < 4.78 is 0. The van der Waals surface area contributed by atoms with E-state index in [1.165, 1.54) is 5.56 Å². The molecule has 1 aliphatic rings. The highest BCUT2D eigenvalue weighted by atomic mass is 16.1. The van der Waals surface area contributed by atoms with Gasteiger partial charge in [0.25, 0.3) is 0 Å². The molecule has 1 heterocycles. The van der Waals surface area contributed by atoms with Crippen molar-refractivity contribution in [3.8, 4) is 0 Å². The Morgan fingerprint density at radius 2 is 2.08 bits per heavy atom. The van der Waals surface area contributed by atoms with Crippen LogP contribution < -0.4 is 0 Å². The summed E-state index contributed by atoms with van der Waals surface area (Å²) in [5.74, 6) is 0.117. The molecule has 0 spiro atoms. The van der Waals surface area contributed by atoms with Gasteiger partial charge >= 0.3 is 0 Å². The summed E-state index contributed by atoms with van der Waals surface area (Å²) in [6.07, 6.45) is 3.34. The van der Waals surface area contributed by atoms with Gasteiger partial charge in [-0.1, -0.05) is 30.3 Å². The molecule has 1 unspecified atom stereocenters. The van der Waals surface area contributed by atoms with E-state index in [0.717, 1.165) is 12.8 Å². The lowest BCUT2D eigenvalue weighted by molar-refractivity contribution is -0.120. The second-order valence-corrected chi connectivity index (χ2v) is 3.27. The maximum Gasteiger partial charge on any atom is 0.249 e. The van der Waals surface area contributed by atoms with Crippen LogP contribution in [0.15, 0.2) is 35.3 Å². The Kier molecular flexibility index (Phi) is 2.21. The number of nitrogens with zero attached hydrogens (tertiary/aromatic N) is 1. The van der Waals surface area contributed by atoms with Gasteiger partial charge in [0.05, 0.1) is 0 Å². The number of carbonyl (C=O) groups is 1. The maximum atomic E-state index is 11.2. The Balaban J connectivity index is 2.03. The van der Waals surface area contributed by atoms with E-state index in [4.69, 9.17) is 0 Å². The minimum Gasteiger partial charge on any atom is -0.272 e. The molecule has 66 valence electrons. The molecule has 1 aliphatic heterocycles. The molecule has 0 bridgehead atoms. The van der Waals surface area contributed by atoms with Gasteiger partial charge in [0.2, 0.25) is 5.91 Å². The molecule has 2 heteroatoms. The molecule has 0 saturated carbocycles. The van der Waals surface area contributed by atoms with Gasteiger partial charge in [0, 0.05) is 12.1 Å². The van der Waals surface area contributed by atoms with Crippen molar-refractivity contribution in [3.05, 3.63) is 35.9 Å². The summed E-state index contributed by atoms with van der Waals surface area (Å²) >= 11 is 0. The average molecular weight is 173 g/mol. The lowest BCUT2D eigenvalue weighted by Crippen LogP contribution is -2.09. The second kappa shape index (κ2) is 3.52. The van der Waals surface area contributed by atoms with E-state index >= 15 is 0 Å². The Hall–Kier alpha value is -1.44. The first-order valence-corrected chi connectivity index (χ1v) is 4.46. The van der Waals surface area contributed by atoms with Crippen LogP contribution >= 0.6 is 0 Å². The van der Waals surface area contributed by atoms with E-state index < -0.39 is 0 Å². The lowest BCUT2D eigenvalue weighted by Gasteiger charge is -2.05. The van der Waals surface area contributed by atoms with Gasteiger partial charge in [-0.3, -0.25) is 4.79 Å². The van der Waals surface area contributed by atoms with Crippen LogP contribution in [0.4, 0.5) is 0 Å². The number of carbonyl (C=O) groups excluding carboxylic acids is 1. The van der Waals surface area contributed by atoms with Crippen molar-refractivity contribution >= 4 is 12.1 Å². The van der Waals surface area contributed by atoms with Crippen LogP contribution in [0.5, 0.6) is 0 Å². The van der Waals surface area contributed by atoms with Crippen molar-refractivity contribution in [1.82, 2.24) is 0 Å². The Morgan fingerprint density at radius 1 is 1.31 bits per heavy atom. The summed E-state index contributed by atoms with van der Waals surface area (Å²) in [6.45, 7) is 0. The molecule has 0 fully saturated rings. The zero-order chi connectivity index (χ0) is 9.10. The summed E-state index contributed by atoms with van der Waals surface area (Å²) in [7, 11) is 0. The third-order valence-electron chi connectivity index (χ3n) is 2.28. The van der Waals surface area contributed by atoms with Crippen LogP contribution in [0.3, 0.4) is 0 Å². The van der Waals surface area contributed by atoms with Crippen LogP contribution in [0.1, 0.15) is 12.0 Å². The number of benzene rings is 1. The van der Waals surface area contributed by atoms with Crippen molar-refractivity contribution in [2.45, 2.75) is 12.8 Å². The van der Waals surface area contributed by atoms with E-state index in [2.05, 4.69) is 4.99 Å². The number of aliphatic imine (C=N–C) groups is 1. The van der Waals surface area contributed by atoms with Crippen molar-refractivity contribution < 1.29 is 4.79 Å². The van der Waals surface area contributed by atoms with Gasteiger partial charge in [-0.05, 0) is 18.4 Å². The molecule has 0 saturated heterocycles. The standard InChI is InChI=1S/C11H11NO/c13-11-10(6-7-12-11)8-9-4-2-1-3-5-9/h1-5,7,10H,6,8H2. The quantitative estimate of drug-likeness (QED) is 0.671. The van der Waals surface area contributed by atoms with Crippen molar-refractivity contribution in [1.29, 1.82) is 0 Å². The minimum atomic E-state index is 0.0313. The van der Waals surface area contributed by atoms with E-state index in [0.29, 0.717) is 0 Å². The molecular formula is C11H11NO. The fourth-order valence-electron chi connectivity index (χ4n) is 1.55. The Morgan fingerprint density at radius 3 is 2.69 bits per heavy atom. The summed E-state index contributed by atoms with van der Waals surface area (Å²) in [4.78, 5) is 14.9. The number of hydrogen-bond acceptors (Lipinski definition) is 1. The molecule has 1 aromatic carbocycles. The van der Waals surface area contributed by atoms with Gasteiger partial charge < -0.3 is 0 Å². The van der Waals surface area contributed by atoms with Gasteiger partial charge in [-0.15, -0.1) is 0 Å². The molecule has 1 aromatic rings. The summed E-state index contributed by atoms with van der Waals surface area (Å²) in [6, 6.07) is 10.1. The van der Waals surface area contributed by atoms with Crippen LogP contribution in [-0.2, 0) is 11.2 Å². The molecule has 1 atom stereocenters. The van der Waals surface area contributed by atoms with Crippen molar-refractivity contribution in [3.63, 3.8) is 0 Å². The first kappa shape index (κ1) is 8.17. The van der Waals surface area contributed by atoms with Crippen LogP contribution in [-0.4, -0.2) is 12.1 Å². The largest absolute Gasteiger partial charge is 0.272 e. The van der Waals surface area contributed by atoms with Gasteiger partial charge in [-0.2, -0.15) is 0 Å². The molecule has 1 amide bonds. The minimum absolute atomic E-state index is 0.0313. The molecule has 2 rings (SSSR count). The van der Waals surface area contributed by atoms with E-state index in [1.54, 1.807) is 6.21 Å². The zero-order valence-corrected chi connectivity index (χ0v) is 7.31. The van der Waals surface area contributed by atoms with Gasteiger partial charge in [0.1, 0.15) is 0 Å². The number of amides is 1. The van der Waals surface area contributed by atoms with Crippen LogP contribution in [0.25, 0.3) is 0 Å². The number of hydrogen-bond donors (Lipinski definition) is 0. The first-order valence-electron chi connectivity index (χ1n) is 4.46. The molecule has 2 nitrogen and oxygen atoms in total. The summed E-state index contributed by atoms with van der Waals surface area (Å²) in [5.41, 5.74) is 1.21. The third-order valence-corrected chi connectivity index (χ3v) is 2.28. The second-order valence-electron chi connectivity index (χ2n) is 3.27. The smallest absolute Gasteiger partial charge is 0.249 e. The molecular weight excluding hydrogens is 162 g/mol. The SMILES string of the molecule is O=C1N=CCC1Cc1ccccc1. The predicted octanol–water partition coefficient (Wildman–Crippen LogP) is 1.85.